The predicted octanol–water partition coefficient (Wildman–Crippen LogP) is 10.4. The highest BCUT2D eigenvalue weighted by atomic mass is 19.4. The van der Waals surface area contributed by atoms with Gasteiger partial charge in [0.25, 0.3) is 0 Å². The van der Waals surface area contributed by atoms with Gasteiger partial charge in [0.1, 0.15) is 29.1 Å². The summed E-state index contributed by atoms with van der Waals surface area (Å²) < 4.78 is 145. The molecule has 0 N–H and O–H groups in total. The molecule has 1 aliphatic heterocycles. The fourth-order valence-corrected chi connectivity index (χ4v) is 5.26. The van der Waals surface area contributed by atoms with Crippen LogP contribution >= 0.6 is 0 Å². The molecule has 0 aliphatic carbocycles. The molecular weight excluding hydrogens is 655 g/mol. The lowest BCUT2D eigenvalue weighted by Crippen LogP contribution is -2.38. The Morgan fingerprint density at radius 2 is 1.31 bits per heavy atom. The highest BCUT2D eigenvalue weighted by Crippen LogP contribution is 2.39. The summed E-state index contributed by atoms with van der Waals surface area (Å²) in [5, 5.41) is 0. The number of hydrogen-bond donors (Lipinski definition) is 0. The second-order valence-electron chi connectivity index (χ2n) is 11.2. The molecule has 48 heavy (non-hydrogen) atoms. The summed E-state index contributed by atoms with van der Waals surface area (Å²) in [6, 6.07) is 15.1. The number of halogens is 9. The molecule has 256 valence electrons. The second-order valence-corrected chi connectivity index (χ2v) is 11.2. The highest BCUT2D eigenvalue weighted by Gasteiger charge is 2.43. The summed E-state index contributed by atoms with van der Waals surface area (Å²) in [5.74, 6) is -6.68. The third-order valence-corrected chi connectivity index (χ3v) is 7.60. The summed E-state index contributed by atoms with van der Waals surface area (Å²) in [6.07, 6.45) is -8.36. The van der Waals surface area contributed by atoms with Gasteiger partial charge in [-0.25, -0.2) is 17.6 Å². The van der Waals surface area contributed by atoms with Crippen molar-refractivity contribution in [3.05, 3.63) is 113 Å². The Hall–Kier alpha value is -4.07. The fourth-order valence-electron chi connectivity index (χ4n) is 5.26. The van der Waals surface area contributed by atoms with Crippen molar-refractivity contribution >= 4 is 0 Å². The second kappa shape index (κ2) is 14.6. The average molecular weight is 685 g/mol. The molecule has 4 aromatic rings. The smallest absolute Gasteiger partial charge is 0.403 e. The van der Waals surface area contributed by atoms with E-state index < -0.39 is 72.7 Å². The van der Waals surface area contributed by atoms with Crippen molar-refractivity contribution < 1.29 is 58.5 Å². The van der Waals surface area contributed by atoms with Crippen LogP contribution in [0.4, 0.5) is 39.5 Å². The Morgan fingerprint density at radius 1 is 0.688 bits per heavy atom. The lowest BCUT2D eigenvalue weighted by atomic mass is 9.97. The van der Waals surface area contributed by atoms with E-state index in [9.17, 15) is 17.6 Å². The van der Waals surface area contributed by atoms with E-state index in [1.807, 2.05) is 24.3 Å². The Balaban J connectivity index is 1.24. The van der Waals surface area contributed by atoms with E-state index >= 15 is 22.0 Å². The van der Waals surface area contributed by atoms with Crippen LogP contribution in [-0.2, 0) is 26.7 Å². The van der Waals surface area contributed by atoms with E-state index in [-0.39, 0.29) is 16.7 Å². The van der Waals surface area contributed by atoms with Crippen molar-refractivity contribution in [3.8, 4) is 28.0 Å². The summed E-state index contributed by atoms with van der Waals surface area (Å²) in [6.45, 7) is 0.901. The van der Waals surface area contributed by atoms with Gasteiger partial charge < -0.3 is 18.9 Å². The van der Waals surface area contributed by atoms with Gasteiger partial charge in [0.2, 0.25) is 0 Å². The van der Waals surface area contributed by atoms with Gasteiger partial charge in [0.15, 0.2) is 17.9 Å². The lowest BCUT2D eigenvalue weighted by Gasteiger charge is -2.32. The molecule has 1 saturated heterocycles. The first-order valence-electron chi connectivity index (χ1n) is 15.0. The number of aryl methyl sites for hydroxylation is 1. The first kappa shape index (κ1) is 35.2. The van der Waals surface area contributed by atoms with Gasteiger partial charge >= 0.3 is 12.5 Å². The van der Waals surface area contributed by atoms with Crippen LogP contribution in [0.2, 0.25) is 0 Å². The summed E-state index contributed by atoms with van der Waals surface area (Å²) in [5.41, 5.74) is 0.0664. The summed E-state index contributed by atoms with van der Waals surface area (Å²) >= 11 is 0. The van der Waals surface area contributed by atoms with Crippen LogP contribution in [0.15, 0.2) is 72.8 Å². The quantitative estimate of drug-likeness (QED) is 0.116. The molecule has 0 saturated carbocycles. The van der Waals surface area contributed by atoms with E-state index in [1.54, 1.807) is 6.07 Å². The topological polar surface area (TPSA) is 36.9 Å². The molecule has 1 heterocycles. The molecule has 0 spiro atoms. The third-order valence-electron chi connectivity index (χ3n) is 7.60. The van der Waals surface area contributed by atoms with Crippen LogP contribution in [0.5, 0.6) is 5.75 Å². The Morgan fingerprint density at radius 3 is 1.90 bits per heavy atom. The van der Waals surface area contributed by atoms with Gasteiger partial charge in [-0.1, -0.05) is 62.2 Å². The van der Waals surface area contributed by atoms with Crippen molar-refractivity contribution in [1.29, 1.82) is 0 Å². The summed E-state index contributed by atoms with van der Waals surface area (Å²) in [7, 11) is 0. The molecule has 0 unspecified atom stereocenters. The van der Waals surface area contributed by atoms with Crippen molar-refractivity contribution in [1.82, 2.24) is 0 Å². The molecule has 0 bridgehead atoms. The zero-order chi connectivity index (χ0) is 34.6. The minimum atomic E-state index is -5.13. The maximum Gasteiger partial charge on any atom is 0.573 e. The molecule has 1 aliphatic rings. The van der Waals surface area contributed by atoms with Gasteiger partial charge in [-0.15, -0.1) is 13.2 Å². The molecule has 0 radical (unpaired) electrons. The monoisotopic (exact) mass is 684 g/mol. The first-order chi connectivity index (χ1) is 22.7. The first-order valence-corrected chi connectivity index (χ1v) is 15.0. The third kappa shape index (κ3) is 8.50. The minimum absolute atomic E-state index is 0.0871. The maximum absolute atomic E-state index is 15.2. The van der Waals surface area contributed by atoms with Gasteiger partial charge in [0.05, 0.1) is 13.2 Å². The molecule has 4 aromatic carbocycles. The largest absolute Gasteiger partial charge is 0.573 e. The predicted molar refractivity (Wildman–Crippen MR) is 157 cm³/mol. The van der Waals surface area contributed by atoms with Crippen LogP contribution in [0.3, 0.4) is 0 Å². The molecule has 13 heteroatoms. The van der Waals surface area contributed by atoms with Crippen LogP contribution < -0.4 is 4.74 Å². The van der Waals surface area contributed by atoms with E-state index in [0.29, 0.717) is 29.8 Å². The van der Waals surface area contributed by atoms with Crippen LogP contribution in [0, 0.1) is 23.3 Å². The van der Waals surface area contributed by atoms with Gasteiger partial charge in [-0.3, -0.25) is 0 Å². The van der Waals surface area contributed by atoms with Crippen LogP contribution in [0.25, 0.3) is 22.3 Å². The molecular formula is C35H29F9O4. The number of ether oxygens (including phenoxy) is 4. The average Bonchev–Trinajstić information content (AvgIpc) is 3.01. The van der Waals surface area contributed by atoms with Crippen molar-refractivity contribution in [2.45, 2.75) is 57.5 Å². The maximum atomic E-state index is 15.2. The molecule has 0 amide bonds. The van der Waals surface area contributed by atoms with E-state index in [0.717, 1.165) is 42.9 Å². The number of benzene rings is 4. The van der Waals surface area contributed by atoms with Gasteiger partial charge in [-0.05, 0) is 65.4 Å². The normalized spacial score (nSPS) is 17.0. The van der Waals surface area contributed by atoms with E-state index in [2.05, 4.69) is 16.4 Å². The SMILES string of the molecule is CCCCCc1ccc(-c2ccc(-c3cc(F)c(C(F)(F)OC4COC(c5ccc(OC(F)(F)F)c(F)c5)OC4)c(F)c3)c(F)c2)cc1. The number of hydrogen-bond acceptors (Lipinski definition) is 4. The Labute approximate surface area is 270 Å². The Kier molecular flexibility index (Phi) is 10.7. The zero-order valence-corrected chi connectivity index (χ0v) is 25.4. The minimum Gasteiger partial charge on any atom is -0.403 e. The van der Waals surface area contributed by atoms with E-state index in [1.165, 1.54) is 12.1 Å². The van der Waals surface area contributed by atoms with Crippen molar-refractivity contribution in [2.75, 3.05) is 13.2 Å². The van der Waals surface area contributed by atoms with E-state index in [4.69, 9.17) is 9.47 Å². The Bertz CT molecular complexity index is 1690. The standard InChI is InChI=1S/C35H29F9O4/c1-2-3-4-5-20-6-8-21(9-7-20)22-10-12-26(27(36)14-22)24-16-29(38)32(30(39)17-24)34(40,41)47-25-18-45-33(46-19-25)23-11-13-31(28(37)15-23)48-35(42,43)44/h6-17,25,33H,2-5,18-19H2,1H3. The summed E-state index contributed by atoms with van der Waals surface area (Å²) in [4.78, 5) is 0. The van der Waals surface area contributed by atoms with Crippen molar-refractivity contribution in [2.24, 2.45) is 0 Å². The van der Waals surface area contributed by atoms with Crippen LogP contribution in [0.1, 0.15) is 49.2 Å². The van der Waals surface area contributed by atoms with Crippen LogP contribution in [-0.4, -0.2) is 25.7 Å². The fraction of sp³-hybridized carbons (Fsp3) is 0.314. The molecule has 5 rings (SSSR count). The highest BCUT2D eigenvalue weighted by molar-refractivity contribution is 5.71. The molecule has 1 fully saturated rings. The zero-order valence-electron chi connectivity index (χ0n) is 25.4. The van der Waals surface area contributed by atoms with Gasteiger partial charge in [-0.2, -0.15) is 8.78 Å². The lowest BCUT2D eigenvalue weighted by molar-refractivity contribution is -0.322. The molecule has 4 nitrogen and oxygen atoms in total. The van der Waals surface area contributed by atoms with Crippen molar-refractivity contribution in [3.63, 3.8) is 0 Å². The number of alkyl halides is 5. The molecule has 0 atom stereocenters. The number of rotatable bonds is 11. The number of unbranched alkanes of at least 4 members (excludes halogenated alkanes) is 2. The molecule has 0 aromatic heterocycles. The van der Waals surface area contributed by atoms with Gasteiger partial charge in [0, 0.05) is 11.1 Å².